The predicted octanol–water partition coefficient (Wildman–Crippen LogP) is 6.70. The molecular weight excluding hydrogens is 656 g/mol. The number of methoxy groups -OCH3 is 1. The summed E-state index contributed by atoms with van der Waals surface area (Å²) in [5.74, 6) is -2.01. The highest BCUT2D eigenvalue weighted by molar-refractivity contribution is 6.12. The summed E-state index contributed by atoms with van der Waals surface area (Å²) in [6.07, 6.45) is 0. The molecule has 0 radical (unpaired) electrons. The van der Waals surface area contributed by atoms with E-state index in [2.05, 4.69) is 0 Å². The number of phenols is 7. The number of benzene rings is 6. The molecule has 0 aliphatic heterocycles. The second kappa shape index (κ2) is 16.7. The van der Waals surface area contributed by atoms with Crippen molar-refractivity contribution in [1.82, 2.24) is 0 Å². The third-order valence-electron chi connectivity index (χ3n) is 7.20. The molecule has 6 aromatic carbocycles. The van der Waals surface area contributed by atoms with Crippen LogP contribution in [0.25, 0.3) is 0 Å². The van der Waals surface area contributed by atoms with Crippen molar-refractivity contribution in [3.8, 4) is 46.0 Å². The van der Waals surface area contributed by atoms with E-state index in [4.69, 9.17) is 20.1 Å². The highest BCUT2D eigenvalue weighted by atomic mass is 16.5. The van der Waals surface area contributed by atoms with Crippen LogP contribution in [-0.2, 0) is 0 Å². The summed E-state index contributed by atoms with van der Waals surface area (Å²) in [5.41, 5.74) is 1.42. The smallest absolute Gasteiger partial charge is 0.200 e. The van der Waals surface area contributed by atoms with Gasteiger partial charge in [-0.05, 0) is 48.5 Å². The molecule has 6 rings (SSSR count). The van der Waals surface area contributed by atoms with E-state index >= 15 is 0 Å². The number of phenolic OH excluding ortho intramolecular Hbond substituents is 7. The van der Waals surface area contributed by atoms with Gasteiger partial charge in [0.05, 0.1) is 29.4 Å². The van der Waals surface area contributed by atoms with Crippen molar-refractivity contribution in [2.75, 3.05) is 7.11 Å². The van der Waals surface area contributed by atoms with E-state index in [0.717, 1.165) is 18.2 Å². The average molecular weight is 689 g/mol. The van der Waals surface area contributed by atoms with Gasteiger partial charge in [0.25, 0.3) is 0 Å². The molecule has 0 aliphatic rings. The molecule has 0 bridgehead atoms. The van der Waals surface area contributed by atoms with Gasteiger partial charge in [-0.2, -0.15) is 0 Å². The minimum absolute atomic E-state index is 0.0474. The van der Waals surface area contributed by atoms with E-state index in [9.17, 15) is 34.8 Å². The fraction of sp³-hybridized carbons (Fsp3) is 0.0250. The van der Waals surface area contributed by atoms with Crippen molar-refractivity contribution in [1.29, 1.82) is 0 Å². The van der Waals surface area contributed by atoms with Crippen LogP contribution in [0.1, 0.15) is 47.8 Å². The van der Waals surface area contributed by atoms with Crippen LogP contribution in [0.15, 0.2) is 133 Å². The number of carbonyl (C=O) groups excluding carboxylic acids is 3. The zero-order chi connectivity index (χ0) is 37.1. The van der Waals surface area contributed by atoms with Crippen molar-refractivity contribution < 1.29 is 54.9 Å². The van der Waals surface area contributed by atoms with E-state index in [0.29, 0.717) is 16.9 Å². The molecule has 0 aliphatic carbocycles. The van der Waals surface area contributed by atoms with Crippen molar-refractivity contribution in [3.05, 3.63) is 167 Å². The number of rotatable bonds is 7. The molecule has 0 saturated heterocycles. The molecule has 0 aromatic heterocycles. The molecule has 0 spiro atoms. The first-order chi connectivity index (χ1) is 24.4. The molecule has 0 heterocycles. The lowest BCUT2D eigenvalue weighted by molar-refractivity contribution is 0.102. The summed E-state index contributed by atoms with van der Waals surface area (Å²) in [6.45, 7) is 0. The molecule has 0 amide bonds. The van der Waals surface area contributed by atoms with Crippen molar-refractivity contribution in [2.45, 2.75) is 0 Å². The quantitative estimate of drug-likeness (QED) is 0.0880. The first-order valence-corrected chi connectivity index (χ1v) is 15.1. The Morgan fingerprint density at radius 1 is 0.392 bits per heavy atom. The van der Waals surface area contributed by atoms with Crippen LogP contribution < -0.4 is 4.74 Å². The average Bonchev–Trinajstić information content (AvgIpc) is 3.12. The largest absolute Gasteiger partial charge is 0.508 e. The van der Waals surface area contributed by atoms with Gasteiger partial charge in [-0.15, -0.1) is 0 Å². The summed E-state index contributed by atoms with van der Waals surface area (Å²) >= 11 is 0. The Morgan fingerprint density at radius 3 is 1.02 bits per heavy atom. The molecule has 6 aromatic rings. The zero-order valence-corrected chi connectivity index (χ0v) is 27.0. The summed E-state index contributed by atoms with van der Waals surface area (Å²) in [6, 6.07) is 33.1. The summed E-state index contributed by atoms with van der Waals surface area (Å²) in [7, 11) is 1.51. The number of hydrogen-bond donors (Lipinski definition) is 7. The van der Waals surface area contributed by atoms with Crippen LogP contribution in [0.3, 0.4) is 0 Å². The van der Waals surface area contributed by atoms with E-state index in [-0.39, 0.29) is 74.1 Å². The molecule has 11 heteroatoms. The van der Waals surface area contributed by atoms with Gasteiger partial charge in [0.2, 0.25) is 0 Å². The maximum atomic E-state index is 12.1. The van der Waals surface area contributed by atoms with Gasteiger partial charge in [-0.1, -0.05) is 60.7 Å². The fourth-order valence-corrected chi connectivity index (χ4v) is 4.60. The lowest BCUT2D eigenvalue weighted by Crippen LogP contribution is -2.01. The Hall–Kier alpha value is -7.27. The molecule has 7 N–H and O–H groups in total. The first kappa shape index (κ1) is 36.6. The van der Waals surface area contributed by atoms with Gasteiger partial charge >= 0.3 is 0 Å². The Morgan fingerprint density at radius 2 is 0.706 bits per heavy atom. The van der Waals surface area contributed by atoms with Crippen LogP contribution >= 0.6 is 0 Å². The Labute approximate surface area is 291 Å². The van der Waals surface area contributed by atoms with Gasteiger partial charge in [0.15, 0.2) is 17.3 Å². The molecule has 0 saturated carbocycles. The van der Waals surface area contributed by atoms with Crippen molar-refractivity contribution in [2.24, 2.45) is 0 Å². The van der Waals surface area contributed by atoms with Gasteiger partial charge in [0, 0.05) is 35.4 Å². The second-order valence-electron chi connectivity index (χ2n) is 10.7. The monoisotopic (exact) mass is 688 g/mol. The van der Waals surface area contributed by atoms with Crippen LogP contribution in [0.5, 0.6) is 46.0 Å². The van der Waals surface area contributed by atoms with E-state index in [1.54, 1.807) is 60.7 Å². The maximum Gasteiger partial charge on any atom is 0.200 e. The Bertz CT molecular complexity index is 2110. The molecule has 0 atom stereocenters. The number of ketones is 3. The molecule has 51 heavy (non-hydrogen) atoms. The second-order valence-corrected chi connectivity index (χ2v) is 10.7. The van der Waals surface area contributed by atoms with Crippen molar-refractivity contribution in [3.63, 3.8) is 0 Å². The third kappa shape index (κ3) is 9.42. The zero-order valence-electron chi connectivity index (χ0n) is 27.0. The van der Waals surface area contributed by atoms with E-state index in [1.165, 1.54) is 49.6 Å². The minimum Gasteiger partial charge on any atom is -0.508 e. The van der Waals surface area contributed by atoms with Crippen LogP contribution in [0, 0.1) is 0 Å². The minimum atomic E-state index is -0.606. The number of aromatic hydroxyl groups is 7. The van der Waals surface area contributed by atoms with Gasteiger partial charge in [-0.25, -0.2) is 0 Å². The third-order valence-corrected chi connectivity index (χ3v) is 7.20. The molecule has 11 nitrogen and oxygen atoms in total. The number of hydrogen-bond acceptors (Lipinski definition) is 11. The lowest BCUT2D eigenvalue weighted by Gasteiger charge is -2.06. The number of ether oxygens (including phenoxy) is 1. The molecule has 0 fully saturated rings. The molecule has 0 unspecified atom stereocenters. The van der Waals surface area contributed by atoms with E-state index in [1.807, 2.05) is 12.1 Å². The summed E-state index contributed by atoms with van der Waals surface area (Å²) in [5, 5.41) is 65.8. The predicted molar refractivity (Wildman–Crippen MR) is 187 cm³/mol. The van der Waals surface area contributed by atoms with Crippen molar-refractivity contribution >= 4 is 17.3 Å². The van der Waals surface area contributed by atoms with Crippen LogP contribution in [-0.4, -0.2) is 60.2 Å². The van der Waals surface area contributed by atoms with Crippen LogP contribution in [0.4, 0.5) is 0 Å². The fourth-order valence-electron chi connectivity index (χ4n) is 4.60. The first-order valence-electron chi connectivity index (χ1n) is 15.1. The summed E-state index contributed by atoms with van der Waals surface area (Å²) in [4.78, 5) is 36.0. The maximum absolute atomic E-state index is 12.1. The molecular formula is C40H32O11. The Kier molecular flexibility index (Phi) is 12.0. The normalized spacial score (nSPS) is 10.1. The topological polar surface area (TPSA) is 202 Å². The van der Waals surface area contributed by atoms with E-state index < -0.39 is 5.78 Å². The van der Waals surface area contributed by atoms with Gasteiger partial charge in [-0.3, -0.25) is 14.4 Å². The highest BCUT2D eigenvalue weighted by Gasteiger charge is 2.18. The summed E-state index contributed by atoms with van der Waals surface area (Å²) < 4.78 is 4.96. The van der Waals surface area contributed by atoms with Gasteiger partial charge < -0.3 is 40.5 Å². The standard InChI is InChI=1S/C14H12O3.C13H10O5.C13H10O3/c1-17-11-7-8-12(13(15)9-11)14(16)10-5-3-2-4-6-10;14-7-1-3-9(11(16)5-7)13(18)10-4-2-8(15)6-12(10)17;14-10-6-7-11(12(15)8-10)13(16)9-4-2-1-3-5-9/h2-9,15H,1H3;1-6,14-17H;1-8,14-15H. The SMILES string of the molecule is COc1ccc(C(=O)c2ccccc2)c(O)c1.O=C(c1ccc(O)cc1O)c1ccc(O)cc1O.O=C(c1ccccc1)c1ccc(O)cc1O. The van der Waals surface area contributed by atoms with Crippen LogP contribution in [0.2, 0.25) is 0 Å². The lowest BCUT2D eigenvalue weighted by atomic mass is 10.0. The molecule has 258 valence electrons. The number of carbonyl (C=O) groups is 3. The van der Waals surface area contributed by atoms with Gasteiger partial charge in [0.1, 0.15) is 46.0 Å². The highest BCUT2D eigenvalue weighted by Crippen LogP contribution is 2.30. The Balaban J connectivity index is 0.000000172.